The maximum Gasteiger partial charge on any atom is 0.416 e. The van der Waals surface area contributed by atoms with Gasteiger partial charge in [-0.05, 0) is 37.5 Å². The molecule has 0 unspecified atom stereocenters. The second-order valence-corrected chi connectivity index (χ2v) is 5.68. The summed E-state index contributed by atoms with van der Waals surface area (Å²) < 4.78 is 45.0. The van der Waals surface area contributed by atoms with E-state index in [0.717, 1.165) is 18.6 Å². The Bertz CT molecular complexity index is 806. The van der Waals surface area contributed by atoms with Crippen LogP contribution in [0.15, 0.2) is 23.0 Å². The molecule has 2 aromatic rings. The van der Waals surface area contributed by atoms with Gasteiger partial charge in [0.1, 0.15) is 6.10 Å². The highest BCUT2D eigenvalue weighted by molar-refractivity contribution is 5.76. The normalized spacial score (nSPS) is 21.7. The average Bonchev–Trinajstić information content (AvgIpc) is 2.99. The molecule has 8 heteroatoms. The molecular formula is C15H15F3N2O3. The third-order valence-corrected chi connectivity index (χ3v) is 4.11. The molecule has 1 heterocycles. The summed E-state index contributed by atoms with van der Waals surface area (Å²) in [5.74, 6) is -0.436. The highest BCUT2D eigenvalue weighted by Gasteiger charge is 2.35. The Kier molecular flexibility index (Phi) is 3.69. The van der Waals surface area contributed by atoms with E-state index in [4.69, 9.17) is 4.74 Å². The van der Waals surface area contributed by atoms with Crippen LogP contribution in [0.3, 0.4) is 0 Å². The van der Waals surface area contributed by atoms with Crippen LogP contribution in [-0.4, -0.2) is 21.6 Å². The van der Waals surface area contributed by atoms with Gasteiger partial charge in [0.25, 0.3) is 0 Å². The first-order valence-electron chi connectivity index (χ1n) is 7.26. The lowest BCUT2D eigenvalue weighted by Crippen LogP contribution is -2.30. The predicted octanol–water partition coefficient (Wildman–Crippen LogP) is 3.01. The number of nitrogens with zero attached hydrogens (tertiary/aromatic N) is 1. The summed E-state index contributed by atoms with van der Waals surface area (Å²) in [5, 5.41) is 0. The maximum absolute atomic E-state index is 12.8. The first kappa shape index (κ1) is 15.6. The zero-order valence-electron chi connectivity index (χ0n) is 12.3. The largest absolute Gasteiger partial charge is 0.460 e. The number of hydrogen-bond acceptors (Lipinski definition) is 3. The van der Waals surface area contributed by atoms with Gasteiger partial charge < -0.3 is 9.72 Å². The van der Waals surface area contributed by atoms with Crippen molar-refractivity contribution >= 4 is 17.0 Å². The summed E-state index contributed by atoms with van der Waals surface area (Å²) in [6, 6.07) is 2.78. The number of halogens is 3. The van der Waals surface area contributed by atoms with Crippen LogP contribution >= 0.6 is 0 Å². The van der Waals surface area contributed by atoms with Gasteiger partial charge in [-0.3, -0.25) is 9.36 Å². The van der Waals surface area contributed by atoms with Crippen molar-refractivity contribution in [2.75, 3.05) is 0 Å². The first-order valence-corrected chi connectivity index (χ1v) is 7.26. The predicted molar refractivity (Wildman–Crippen MR) is 76.0 cm³/mol. The van der Waals surface area contributed by atoms with Crippen LogP contribution < -0.4 is 5.69 Å². The lowest BCUT2D eigenvalue weighted by Gasteiger charge is -2.20. The van der Waals surface area contributed by atoms with Gasteiger partial charge in [-0.15, -0.1) is 0 Å². The molecule has 3 rings (SSSR count). The van der Waals surface area contributed by atoms with Gasteiger partial charge in [0, 0.05) is 6.92 Å². The monoisotopic (exact) mass is 328 g/mol. The van der Waals surface area contributed by atoms with E-state index in [1.807, 2.05) is 0 Å². The van der Waals surface area contributed by atoms with Crippen LogP contribution in [0.5, 0.6) is 0 Å². The van der Waals surface area contributed by atoms with Crippen molar-refractivity contribution in [1.29, 1.82) is 0 Å². The van der Waals surface area contributed by atoms with Gasteiger partial charge in [0.2, 0.25) is 0 Å². The van der Waals surface area contributed by atoms with E-state index in [0.29, 0.717) is 18.4 Å². The number of carbonyl (C=O) groups excluding carboxylic acids is 1. The number of aromatic amines is 1. The lowest BCUT2D eigenvalue weighted by atomic mass is 10.1. The Balaban J connectivity index is 2.06. The number of fused-ring (bicyclic) bond motifs is 1. The smallest absolute Gasteiger partial charge is 0.416 e. The molecule has 0 bridgehead atoms. The molecule has 1 aliphatic rings. The van der Waals surface area contributed by atoms with Gasteiger partial charge in [-0.1, -0.05) is 0 Å². The maximum atomic E-state index is 12.8. The lowest BCUT2D eigenvalue weighted by molar-refractivity contribution is -0.147. The van der Waals surface area contributed by atoms with E-state index in [2.05, 4.69) is 4.98 Å². The Labute approximate surface area is 129 Å². The summed E-state index contributed by atoms with van der Waals surface area (Å²) in [6.07, 6.45) is -2.87. The van der Waals surface area contributed by atoms with Crippen LogP contribution in [0.25, 0.3) is 11.0 Å². The average molecular weight is 328 g/mol. The molecule has 0 aliphatic heterocycles. The summed E-state index contributed by atoms with van der Waals surface area (Å²) in [6.45, 7) is 1.29. The highest BCUT2D eigenvalue weighted by Crippen LogP contribution is 2.35. The number of benzene rings is 1. The van der Waals surface area contributed by atoms with Crippen molar-refractivity contribution in [2.24, 2.45) is 0 Å². The molecule has 1 fully saturated rings. The third-order valence-electron chi connectivity index (χ3n) is 4.11. The number of rotatable bonds is 2. The van der Waals surface area contributed by atoms with E-state index < -0.39 is 29.5 Å². The standard InChI is InChI=1S/C15H15F3N2O3/c1-8(21)23-13-4-2-3-12(13)20-11-6-5-9(15(16,17)18)7-10(11)19-14(20)22/h5-7,12-13H,2-4H2,1H3,(H,19,22)/t12-,13-/m1/s1. The Morgan fingerprint density at radius 3 is 2.74 bits per heavy atom. The molecule has 124 valence electrons. The van der Waals surface area contributed by atoms with Crippen LogP contribution in [0.4, 0.5) is 13.2 Å². The third kappa shape index (κ3) is 2.85. The van der Waals surface area contributed by atoms with Crippen LogP contribution in [0.2, 0.25) is 0 Å². The number of imidazole rings is 1. The SMILES string of the molecule is CC(=O)O[C@@H]1CCC[C@H]1n1c(=O)[nH]c2cc(C(F)(F)F)ccc21. The van der Waals surface area contributed by atoms with E-state index >= 15 is 0 Å². The van der Waals surface area contributed by atoms with Crippen LogP contribution in [0.1, 0.15) is 37.8 Å². The minimum absolute atomic E-state index is 0.123. The van der Waals surface area contributed by atoms with Crippen molar-refractivity contribution in [3.8, 4) is 0 Å². The number of nitrogens with one attached hydrogen (secondary N) is 1. The van der Waals surface area contributed by atoms with Gasteiger partial charge in [-0.2, -0.15) is 13.2 Å². The molecule has 1 aromatic carbocycles. The topological polar surface area (TPSA) is 64.1 Å². The number of aromatic nitrogens is 2. The molecule has 0 amide bonds. The highest BCUT2D eigenvalue weighted by atomic mass is 19.4. The van der Waals surface area contributed by atoms with Gasteiger partial charge >= 0.3 is 17.8 Å². The summed E-state index contributed by atoms with van der Waals surface area (Å²) in [4.78, 5) is 25.8. The van der Waals surface area contributed by atoms with E-state index in [1.165, 1.54) is 17.6 Å². The number of carbonyl (C=O) groups is 1. The molecule has 2 atom stereocenters. The van der Waals surface area contributed by atoms with E-state index in [1.54, 1.807) is 0 Å². The summed E-state index contributed by atoms with van der Waals surface area (Å²) in [7, 11) is 0. The molecule has 0 saturated heterocycles. The molecule has 1 aromatic heterocycles. The number of ether oxygens (including phenoxy) is 1. The Morgan fingerprint density at radius 2 is 2.09 bits per heavy atom. The molecule has 1 saturated carbocycles. The number of alkyl halides is 3. The van der Waals surface area contributed by atoms with Crippen LogP contribution in [0, 0.1) is 0 Å². The summed E-state index contributed by atoms with van der Waals surface area (Å²) in [5.41, 5.74) is -0.810. The van der Waals surface area contributed by atoms with Crippen molar-refractivity contribution in [3.63, 3.8) is 0 Å². The Hall–Kier alpha value is -2.25. The molecule has 23 heavy (non-hydrogen) atoms. The van der Waals surface area contributed by atoms with E-state index in [9.17, 15) is 22.8 Å². The minimum Gasteiger partial charge on any atom is -0.460 e. The fraction of sp³-hybridized carbons (Fsp3) is 0.467. The van der Waals surface area contributed by atoms with Crippen LogP contribution in [-0.2, 0) is 15.7 Å². The van der Waals surface area contributed by atoms with E-state index in [-0.39, 0.29) is 11.6 Å². The number of H-pyrrole nitrogens is 1. The molecular weight excluding hydrogens is 313 g/mol. The number of esters is 1. The van der Waals surface area contributed by atoms with Gasteiger partial charge in [-0.25, -0.2) is 4.79 Å². The molecule has 1 aliphatic carbocycles. The minimum atomic E-state index is -4.47. The molecule has 5 nitrogen and oxygen atoms in total. The summed E-state index contributed by atoms with van der Waals surface area (Å²) >= 11 is 0. The zero-order valence-corrected chi connectivity index (χ0v) is 12.3. The number of hydrogen-bond donors (Lipinski definition) is 1. The second kappa shape index (κ2) is 5.43. The van der Waals surface area contributed by atoms with Gasteiger partial charge in [0.15, 0.2) is 0 Å². The van der Waals surface area contributed by atoms with Crippen molar-refractivity contribution in [1.82, 2.24) is 9.55 Å². The van der Waals surface area contributed by atoms with Crippen molar-refractivity contribution < 1.29 is 22.7 Å². The van der Waals surface area contributed by atoms with Gasteiger partial charge in [0.05, 0.1) is 22.6 Å². The van der Waals surface area contributed by atoms with Crippen molar-refractivity contribution in [2.45, 2.75) is 44.5 Å². The zero-order chi connectivity index (χ0) is 16.8. The second-order valence-electron chi connectivity index (χ2n) is 5.68. The quantitative estimate of drug-likeness (QED) is 0.862. The molecule has 1 N–H and O–H groups in total. The van der Waals surface area contributed by atoms with Crippen molar-refractivity contribution in [3.05, 3.63) is 34.2 Å². The Morgan fingerprint density at radius 1 is 1.35 bits per heavy atom. The first-order chi connectivity index (χ1) is 10.8. The molecule has 0 spiro atoms. The fourth-order valence-corrected chi connectivity index (χ4v) is 3.19. The fourth-order valence-electron chi connectivity index (χ4n) is 3.19. The molecule has 0 radical (unpaired) electrons.